The quantitative estimate of drug-likeness (QED) is 0.226. The molecule has 0 aliphatic heterocycles. The maximum atomic E-state index is 13.7. The number of para-hydroxylation sites is 2. The Hall–Kier alpha value is -3.26. The molecule has 0 aromatic heterocycles. The Bertz CT molecular complexity index is 1490. The highest BCUT2D eigenvalue weighted by molar-refractivity contribution is 7.98. The van der Waals surface area contributed by atoms with Crippen LogP contribution in [0.3, 0.4) is 0 Å². The van der Waals surface area contributed by atoms with Gasteiger partial charge in [0.25, 0.3) is 10.0 Å². The third-order valence-corrected chi connectivity index (χ3v) is 8.92. The van der Waals surface area contributed by atoms with E-state index < -0.39 is 15.9 Å². The Morgan fingerprint density at radius 2 is 1.51 bits per heavy atom. The number of sulfonamides is 1. The van der Waals surface area contributed by atoms with E-state index in [0.717, 1.165) is 21.6 Å². The monoisotopic (exact) mass is 550 g/mol. The first-order valence-corrected chi connectivity index (χ1v) is 14.5. The Kier molecular flexibility index (Phi) is 8.59. The number of nitrogens with zero attached hydrogens (tertiary/aromatic N) is 1. The van der Waals surface area contributed by atoms with Crippen LogP contribution in [0.15, 0.2) is 107 Å². The number of hydrogen-bond acceptors (Lipinski definition) is 4. The molecule has 0 saturated heterocycles. The maximum Gasteiger partial charge on any atom is 0.264 e. The number of aryl methyl sites for hydroxylation is 2. The van der Waals surface area contributed by atoms with Gasteiger partial charge < -0.3 is 5.32 Å². The van der Waals surface area contributed by atoms with Crippen LogP contribution in [0, 0.1) is 13.8 Å². The summed E-state index contributed by atoms with van der Waals surface area (Å²) in [5.41, 5.74) is 3.90. The Morgan fingerprint density at radius 1 is 0.865 bits per heavy atom. The van der Waals surface area contributed by atoms with Gasteiger partial charge in [-0.25, -0.2) is 8.42 Å². The number of hydrogen-bond donors (Lipinski definition) is 1. The molecule has 1 N–H and O–H groups in total. The van der Waals surface area contributed by atoms with Crippen LogP contribution in [0.25, 0.3) is 0 Å². The standard InChI is InChI=1S/C29H27ClN2O3S2/c1-21-11-17-25(18-12-21)37(34,35)32(27-9-5-3-7-22(27)2)19-29(33)31-26-8-4-6-10-28(26)36-20-23-13-15-24(30)16-14-23/h3-18H,19-20H2,1-2H3,(H,31,33). The number of carbonyl (C=O) groups is 1. The normalized spacial score (nSPS) is 11.2. The zero-order valence-corrected chi connectivity index (χ0v) is 22.9. The number of carbonyl (C=O) groups excluding carboxylic acids is 1. The molecule has 0 saturated carbocycles. The van der Waals surface area contributed by atoms with Crippen LogP contribution < -0.4 is 9.62 Å². The van der Waals surface area contributed by atoms with Crippen molar-refractivity contribution >= 4 is 50.7 Å². The summed E-state index contributed by atoms with van der Waals surface area (Å²) in [6, 6.07) is 28.9. The fraction of sp³-hybridized carbons (Fsp3) is 0.138. The lowest BCUT2D eigenvalue weighted by Crippen LogP contribution is -2.38. The van der Waals surface area contributed by atoms with Gasteiger partial charge in [0.1, 0.15) is 6.54 Å². The lowest BCUT2D eigenvalue weighted by Gasteiger charge is -2.26. The topological polar surface area (TPSA) is 66.5 Å². The smallest absolute Gasteiger partial charge is 0.264 e. The van der Waals surface area contributed by atoms with Crippen LogP contribution in [-0.2, 0) is 20.6 Å². The molecule has 8 heteroatoms. The molecule has 190 valence electrons. The fourth-order valence-electron chi connectivity index (χ4n) is 3.74. The largest absolute Gasteiger partial charge is 0.323 e. The van der Waals surface area contributed by atoms with E-state index >= 15 is 0 Å². The van der Waals surface area contributed by atoms with Crippen molar-refractivity contribution in [3.05, 3.63) is 119 Å². The number of rotatable bonds is 9. The van der Waals surface area contributed by atoms with E-state index in [1.54, 1.807) is 48.2 Å². The first-order valence-electron chi connectivity index (χ1n) is 11.7. The molecule has 4 aromatic rings. The summed E-state index contributed by atoms with van der Waals surface area (Å²) < 4.78 is 28.5. The zero-order valence-electron chi connectivity index (χ0n) is 20.5. The first-order chi connectivity index (χ1) is 17.7. The highest BCUT2D eigenvalue weighted by Gasteiger charge is 2.28. The van der Waals surface area contributed by atoms with Crippen molar-refractivity contribution in [3.8, 4) is 0 Å². The third-order valence-electron chi connectivity index (χ3n) is 5.75. The number of amides is 1. The van der Waals surface area contributed by atoms with Gasteiger partial charge >= 0.3 is 0 Å². The summed E-state index contributed by atoms with van der Waals surface area (Å²) >= 11 is 7.56. The summed E-state index contributed by atoms with van der Waals surface area (Å²) in [7, 11) is -3.98. The predicted octanol–water partition coefficient (Wildman–Crippen LogP) is 7.08. The minimum absolute atomic E-state index is 0.132. The van der Waals surface area contributed by atoms with Gasteiger partial charge in [0.15, 0.2) is 0 Å². The highest BCUT2D eigenvalue weighted by atomic mass is 35.5. The molecule has 0 bridgehead atoms. The molecule has 0 aliphatic carbocycles. The van der Waals surface area contributed by atoms with Gasteiger partial charge in [-0.05, 0) is 67.4 Å². The number of thioether (sulfide) groups is 1. The van der Waals surface area contributed by atoms with Gasteiger partial charge in [-0.1, -0.05) is 71.8 Å². The SMILES string of the molecule is Cc1ccc(S(=O)(=O)N(CC(=O)Nc2ccccc2SCc2ccc(Cl)cc2)c2ccccc2C)cc1. The summed E-state index contributed by atoms with van der Waals surface area (Å²) in [4.78, 5) is 14.3. The third kappa shape index (κ3) is 6.74. The van der Waals surface area contributed by atoms with Gasteiger partial charge in [0.05, 0.1) is 16.3 Å². The van der Waals surface area contributed by atoms with Gasteiger partial charge in [-0.15, -0.1) is 11.8 Å². The molecule has 37 heavy (non-hydrogen) atoms. The average molecular weight is 551 g/mol. The fourth-order valence-corrected chi connectivity index (χ4v) is 6.31. The number of nitrogens with one attached hydrogen (secondary N) is 1. The van der Waals surface area contributed by atoms with Crippen molar-refractivity contribution < 1.29 is 13.2 Å². The van der Waals surface area contributed by atoms with E-state index in [1.807, 2.05) is 74.5 Å². The molecule has 0 fully saturated rings. The molecule has 0 spiro atoms. The first kappa shape index (κ1) is 26.8. The zero-order chi connectivity index (χ0) is 26.4. The minimum atomic E-state index is -3.98. The van der Waals surface area contributed by atoms with Crippen LogP contribution in [0.4, 0.5) is 11.4 Å². The Morgan fingerprint density at radius 3 is 2.22 bits per heavy atom. The second kappa shape index (κ2) is 11.9. The van der Waals surface area contributed by atoms with Gasteiger partial charge in [0, 0.05) is 15.7 Å². The van der Waals surface area contributed by atoms with Crippen molar-refractivity contribution in [2.75, 3.05) is 16.2 Å². The van der Waals surface area contributed by atoms with E-state index in [9.17, 15) is 13.2 Å². The lowest BCUT2D eigenvalue weighted by atomic mass is 10.2. The predicted molar refractivity (Wildman–Crippen MR) is 153 cm³/mol. The minimum Gasteiger partial charge on any atom is -0.323 e. The van der Waals surface area contributed by atoms with Crippen LogP contribution in [0.5, 0.6) is 0 Å². The van der Waals surface area contributed by atoms with E-state index in [2.05, 4.69) is 5.32 Å². The Labute approximate surface area is 227 Å². The summed E-state index contributed by atoms with van der Waals surface area (Å²) in [6.45, 7) is 3.36. The summed E-state index contributed by atoms with van der Waals surface area (Å²) in [5, 5.41) is 3.60. The van der Waals surface area contributed by atoms with E-state index in [4.69, 9.17) is 11.6 Å². The Balaban J connectivity index is 1.57. The van der Waals surface area contributed by atoms with Crippen molar-refractivity contribution in [2.24, 2.45) is 0 Å². The molecular formula is C29H27ClN2O3S2. The van der Waals surface area contributed by atoms with Crippen molar-refractivity contribution in [1.82, 2.24) is 0 Å². The van der Waals surface area contributed by atoms with Gasteiger partial charge in [-0.3, -0.25) is 9.10 Å². The number of anilines is 2. The molecule has 0 aliphatic rings. The average Bonchev–Trinajstić information content (AvgIpc) is 2.88. The second-order valence-corrected chi connectivity index (χ2v) is 11.9. The highest BCUT2D eigenvalue weighted by Crippen LogP contribution is 2.31. The summed E-state index contributed by atoms with van der Waals surface area (Å²) in [6.07, 6.45) is 0. The van der Waals surface area contributed by atoms with E-state index in [1.165, 1.54) is 4.31 Å². The van der Waals surface area contributed by atoms with Crippen LogP contribution in [0.1, 0.15) is 16.7 Å². The number of halogens is 1. The molecule has 0 radical (unpaired) electrons. The maximum absolute atomic E-state index is 13.7. The van der Waals surface area contributed by atoms with Crippen molar-refractivity contribution in [3.63, 3.8) is 0 Å². The molecule has 1 amide bonds. The molecule has 0 heterocycles. The van der Waals surface area contributed by atoms with E-state index in [0.29, 0.717) is 22.2 Å². The molecule has 4 aromatic carbocycles. The van der Waals surface area contributed by atoms with Crippen molar-refractivity contribution in [2.45, 2.75) is 29.4 Å². The summed E-state index contributed by atoms with van der Waals surface area (Å²) in [5.74, 6) is 0.264. The van der Waals surface area contributed by atoms with Gasteiger partial charge in [0.2, 0.25) is 5.91 Å². The molecule has 0 atom stereocenters. The van der Waals surface area contributed by atoms with Crippen LogP contribution in [-0.4, -0.2) is 20.9 Å². The van der Waals surface area contributed by atoms with Crippen LogP contribution >= 0.6 is 23.4 Å². The molecule has 4 rings (SSSR count). The lowest BCUT2D eigenvalue weighted by molar-refractivity contribution is -0.114. The number of benzene rings is 4. The molecular weight excluding hydrogens is 524 g/mol. The van der Waals surface area contributed by atoms with E-state index in [-0.39, 0.29) is 11.4 Å². The van der Waals surface area contributed by atoms with Gasteiger partial charge in [-0.2, -0.15) is 0 Å². The second-order valence-electron chi connectivity index (χ2n) is 8.57. The van der Waals surface area contributed by atoms with Crippen molar-refractivity contribution in [1.29, 1.82) is 0 Å². The molecule has 0 unspecified atom stereocenters. The molecule has 5 nitrogen and oxygen atoms in total. The van der Waals surface area contributed by atoms with Crippen LogP contribution in [0.2, 0.25) is 5.02 Å².